The van der Waals surface area contributed by atoms with E-state index in [0.717, 1.165) is 28.0 Å². The number of hydrogen-bond acceptors (Lipinski definition) is 5. The largest absolute Gasteiger partial charge is 0.261 e. The van der Waals surface area contributed by atoms with E-state index in [-0.39, 0.29) is 0 Å². The molecule has 0 aliphatic carbocycles. The lowest BCUT2D eigenvalue weighted by molar-refractivity contribution is 0.649. The summed E-state index contributed by atoms with van der Waals surface area (Å²) in [6, 6.07) is 18.4. The number of aryl methyl sites for hydroxylation is 2. The Bertz CT molecular complexity index is 1170. The Kier molecular flexibility index (Phi) is 5.42. The number of allylic oxidation sites excluding steroid dienone is 1. The van der Waals surface area contributed by atoms with Gasteiger partial charge < -0.3 is 0 Å². The normalized spacial score (nSPS) is 11.7. The smallest absolute Gasteiger partial charge is 0.147 e. The summed E-state index contributed by atoms with van der Waals surface area (Å²) in [5.74, 6) is 0.725. The van der Waals surface area contributed by atoms with Crippen LogP contribution in [0.1, 0.15) is 22.4 Å². The van der Waals surface area contributed by atoms with Gasteiger partial charge in [-0.05, 0) is 48.8 Å². The van der Waals surface area contributed by atoms with E-state index in [1.807, 2.05) is 47.3 Å². The van der Waals surface area contributed by atoms with Gasteiger partial charge in [0, 0.05) is 11.6 Å². The van der Waals surface area contributed by atoms with Gasteiger partial charge >= 0.3 is 0 Å². The molecule has 2 aromatic carbocycles. The quantitative estimate of drug-likeness (QED) is 0.391. The standard InChI is InChI=1S/C23H22N6/c1-17-8-6-12-21-18(2)14-22(25-23(17)21)27-24-13-7-11-20-16-29(28-26-20)15-19-9-4-3-5-10-19/h3-14,16H,15H2,1-2H3,(H,25,27)/b11-7+,24-13-. The summed E-state index contributed by atoms with van der Waals surface area (Å²) < 4.78 is 1.81. The van der Waals surface area contributed by atoms with Crippen LogP contribution in [0.4, 0.5) is 5.82 Å². The fraction of sp³-hybridized carbons (Fsp3) is 0.130. The van der Waals surface area contributed by atoms with Crippen molar-refractivity contribution in [2.45, 2.75) is 20.4 Å². The summed E-state index contributed by atoms with van der Waals surface area (Å²) >= 11 is 0. The van der Waals surface area contributed by atoms with E-state index in [0.29, 0.717) is 6.54 Å². The molecule has 0 bridgehead atoms. The zero-order valence-electron chi connectivity index (χ0n) is 16.4. The van der Waals surface area contributed by atoms with Gasteiger partial charge in [0.05, 0.1) is 18.3 Å². The van der Waals surface area contributed by atoms with Crippen LogP contribution in [-0.4, -0.2) is 26.2 Å². The zero-order chi connectivity index (χ0) is 20.1. The van der Waals surface area contributed by atoms with E-state index in [2.05, 4.69) is 70.0 Å². The molecule has 1 N–H and O–H groups in total. The van der Waals surface area contributed by atoms with Crippen LogP contribution in [0.25, 0.3) is 17.0 Å². The summed E-state index contributed by atoms with van der Waals surface area (Å²) in [4.78, 5) is 4.66. The average molecular weight is 382 g/mol. The van der Waals surface area contributed by atoms with Gasteiger partial charge in [-0.25, -0.2) is 9.67 Å². The second kappa shape index (κ2) is 8.48. The molecular formula is C23H22N6. The molecule has 6 heteroatoms. The third kappa shape index (κ3) is 4.55. The molecule has 2 heterocycles. The maximum atomic E-state index is 4.66. The number of fused-ring (bicyclic) bond motifs is 1. The molecule has 0 saturated heterocycles. The number of hydrazone groups is 1. The van der Waals surface area contributed by atoms with Gasteiger partial charge in [-0.15, -0.1) is 5.10 Å². The minimum atomic E-state index is 0.698. The first kappa shape index (κ1) is 18.6. The first-order valence-corrected chi connectivity index (χ1v) is 9.46. The minimum absolute atomic E-state index is 0.698. The Hall–Kier alpha value is -3.80. The van der Waals surface area contributed by atoms with Crippen molar-refractivity contribution >= 4 is 29.0 Å². The molecule has 144 valence electrons. The molecular weight excluding hydrogens is 360 g/mol. The number of hydrogen-bond donors (Lipinski definition) is 1. The van der Waals surface area contributed by atoms with Gasteiger partial charge in [0.15, 0.2) is 0 Å². The third-order valence-electron chi connectivity index (χ3n) is 4.60. The first-order valence-electron chi connectivity index (χ1n) is 9.46. The number of rotatable bonds is 6. The van der Waals surface area contributed by atoms with Crippen molar-refractivity contribution in [1.29, 1.82) is 0 Å². The fourth-order valence-electron chi connectivity index (χ4n) is 3.14. The molecule has 4 aromatic rings. The molecule has 0 saturated carbocycles. The van der Waals surface area contributed by atoms with Crippen LogP contribution in [0, 0.1) is 13.8 Å². The summed E-state index contributed by atoms with van der Waals surface area (Å²) in [6.07, 6.45) is 7.27. The lowest BCUT2D eigenvalue weighted by Gasteiger charge is -2.07. The number of para-hydroxylation sites is 1. The number of pyridine rings is 1. The highest BCUT2D eigenvalue weighted by Crippen LogP contribution is 2.22. The Morgan fingerprint density at radius 2 is 1.90 bits per heavy atom. The first-order chi connectivity index (χ1) is 14.2. The zero-order valence-corrected chi connectivity index (χ0v) is 16.4. The molecule has 0 atom stereocenters. The van der Waals surface area contributed by atoms with Crippen molar-refractivity contribution in [3.63, 3.8) is 0 Å². The Labute approximate surface area is 169 Å². The Balaban J connectivity index is 1.38. The van der Waals surface area contributed by atoms with Crippen LogP contribution in [0.5, 0.6) is 0 Å². The average Bonchev–Trinajstić information content (AvgIpc) is 3.16. The highest BCUT2D eigenvalue weighted by Gasteiger charge is 2.04. The number of nitrogens with one attached hydrogen (secondary N) is 1. The second-order valence-corrected chi connectivity index (χ2v) is 6.87. The molecule has 2 aromatic heterocycles. The second-order valence-electron chi connectivity index (χ2n) is 6.87. The summed E-state index contributed by atoms with van der Waals surface area (Å²) in [6.45, 7) is 4.84. The monoisotopic (exact) mass is 382 g/mol. The van der Waals surface area contributed by atoms with Crippen LogP contribution in [0.3, 0.4) is 0 Å². The van der Waals surface area contributed by atoms with Crippen LogP contribution < -0.4 is 5.43 Å². The SMILES string of the molecule is Cc1cc(N/N=C\C=C\c2cn(Cc3ccccc3)nn2)nc2c(C)cccc12. The van der Waals surface area contributed by atoms with Crippen molar-refractivity contribution in [2.24, 2.45) is 5.10 Å². The van der Waals surface area contributed by atoms with Gasteiger partial charge in [0.1, 0.15) is 11.5 Å². The lowest BCUT2D eigenvalue weighted by Crippen LogP contribution is -1.99. The molecule has 0 amide bonds. The van der Waals surface area contributed by atoms with Crippen LogP contribution in [0.2, 0.25) is 0 Å². The number of nitrogens with zero attached hydrogens (tertiary/aromatic N) is 5. The molecule has 0 aliphatic rings. The van der Waals surface area contributed by atoms with Gasteiger partial charge in [0.25, 0.3) is 0 Å². The van der Waals surface area contributed by atoms with Crippen molar-refractivity contribution in [2.75, 3.05) is 5.43 Å². The topological polar surface area (TPSA) is 68.0 Å². The van der Waals surface area contributed by atoms with E-state index in [1.54, 1.807) is 6.21 Å². The van der Waals surface area contributed by atoms with Crippen molar-refractivity contribution in [3.05, 3.63) is 89.3 Å². The van der Waals surface area contributed by atoms with E-state index in [9.17, 15) is 0 Å². The molecule has 0 fully saturated rings. The maximum Gasteiger partial charge on any atom is 0.147 e. The minimum Gasteiger partial charge on any atom is -0.261 e. The van der Waals surface area contributed by atoms with Gasteiger partial charge in [0.2, 0.25) is 0 Å². The number of aromatic nitrogens is 4. The summed E-state index contributed by atoms with van der Waals surface area (Å²) in [7, 11) is 0. The predicted octanol–water partition coefficient (Wildman–Crippen LogP) is 4.60. The van der Waals surface area contributed by atoms with Crippen LogP contribution >= 0.6 is 0 Å². The molecule has 29 heavy (non-hydrogen) atoms. The molecule has 6 nitrogen and oxygen atoms in total. The molecule has 0 radical (unpaired) electrons. The Morgan fingerprint density at radius 1 is 1.03 bits per heavy atom. The van der Waals surface area contributed by atoms with E-state index in [4.69, 9.17) is 0 Å². The van der Waals surface area contributed by atoms with Crippen molar-refractivity contribution in [3.8, 4) is 0 Å². The van der Waals surface area contributed by atoms with E-state index < -0.39 is 0 Å². The van der Waals surface area contributed by atoms with Crippen LogP contribution in [0.15, 0.2) is 72.0 Å². The van der Waals surface area contributed by atoms with Crippen molar-refractivity contribution < 1.29 is 0 Å². The lowest BCUT2D eigenvalue weighted by atomic mass is 10.1. The van der Waals surface area contributed by atoms with Gasteiger partial charge in [-0.2, -0.15) is 5.10 Å². The maximum absolute atomic E-state index is 4.66. The highest BCUT2D eigenvalue weighted by molar-refractivity contribution is 5.86. The number of anilines is 1. The summed E-state index contributed by atoms with van der Waals surface area (Å²) in [5, 5.41) is 13.7. The predicted molar refractivity (Wildman–Crippen MR) is 118 cm³/mol. The molecule has 4 rings (SSSR count). The number of benzene rings is 2. The highest BCUT2D eigenvalue weighted by atomic mass is 15.4. The Morgan fingerprint density at radius 3 is 2.76 bits per heavy atom. The van der Waals surface area contributed by atoms with E-state index in [1.165, 1.54) is 11.1 Å². The van der Waals surface area contributed by atoms with Crippen molar-refractivity contribution in [1.82, 2.24) is 20.0 Å². The summed E-state index contributed by atoms with van der Waals surface area (Å²) in [5.41, 5.74) is 8.28. The molecule has 0 spiro atoms. The van der Waals surface area contributed by atoms with Gasteiger partial charge in [-0.1, -0.05) is 53.7 Å². The van der Waals surface area contributed by atoms with Crippen LogP contribution in [-0.2, 0) is 6.54 Å². The fourth-order valence-corrected chi connectivity index (χ4v) is 3.14. The third-order valence-corrected chi connectivity index (χ3v) is 4.60. The van der Waals surface area contributed by atoms with E-state index >= 15 is 0 Å². The molecule has 0 aliphatic heterocycles. The molecule has 0 unspecified atom stereocenters. The van der Waals surface area contributed by atoms with Gasteiger partial charge in [-0.3, -0.25) is 5.43 Å².